The van der Waals surface area contributed by atoms with Crippen molar-refractivity contribution in [3.8, 4) is 5.75 Å². The normalized spacial score (nSPS) is 13.6. The van der Waals surface area contributed by atoms with Gasteiger partial charge in [0, 0.05) is 19.2 Å². The quantitative estimate of drug-likeness (QED) is 0.400. The average molecular weight is 340 g/mol. The molecular formula is C16H25O4PSi. The minimum atomic E-state index is -3.20. The fourth-order valence-electron chi connectivity index (χ4n) is 1.99. The molecule has 0 amide bonds. The molecule has 0 bridgehead atoms. The van der Waals surface area contributed by atoms with E-state index in [0.717, 1.165) is 16.3 Å². The van der Waals surface area contributed by atoms with Crippen molar-refractivity contribution in [2.45, 2.75) is 19.6 Å². The van der Waals surface area contributed by atoms with E-state index in [1.165, 1.54) is 14.2 Å². The van der Waals surface area contributed by atoms with Gasteiger partial charge in [0.1, 0.15) is 5.75 Å². The van der Waals surface area contributed by atoms with Gasteiger partial charge in [-0.2, -0.15) is 0 Å². The zero-order valence-corrected chi connectivity index (χ0v) is 16.0. The van der Waals surface area contributed by atoms with Crippen molar-refractivity contribution in [2.75, 3.05) is 21.3 Å². The Kier molecular flexibility index (Phi) is 6.82. The summed E-state index contributed by atoms with van der Waals surface area (Å²) < 4.78 is 28.1. The maximum atomic E-state index is 12.7. The standard InChI is InChI=1S/C16H25O4PSi/c1-18-15-12-10-14(11-13-15)8-7-9-16(22(4,5)6)21(17,19-2)20-3/h7-13H,1-6H3/b8-7+,16-9-. The number of methoxy groups -OCH3 is 1. The predicted octanol–water partition coefficient (Wildman–Crippen LogP) is 4.96. The maximum Gasteiger partial charge on any atom is 0.352 e. The third kappa shape index (κ3) is 4.95. The molecule has 0 aliphatic carbocycles. The summed E-state index contributed by atoms with van der Waals surface area (Å²) in [5.74, 6) is 0.818. The minimum Gasteiger partial charge on any atom is -0.497 e. The first-order chi connectivity index (χ1) is 10.3. The van der Waals surface area contributed by atoms with Crippen molar-refractivity contribution in [2.24, 2.45) is 0 Å². The molecular weight excluding hydrogens is 315 g/mol. The van der Waals surface area contributed by atoms with Gasteiger partial charge in [0.15, 0.2) is 0 Å². The summed E-state index contributed by atoms with van der Waals surface area (Å²) in [5.41, 5.74) is 1.04. The molecule has 0 spiro atoms. The van der Waals surface area contributed by atoms with Crippen LogP contribution in [-0.4, -0.2) is 29.4 Å². The van der Waals surface area contributed by atoms with E-state index in [1.807, 2.05) is 42.5 Å². The van der Waals surface area contributed by atoms with E-state index in [9.17, 15) is 4.57 Å². The van der Waals surface area contributed by atoms with Crippen LogP contribution in [0, 0.1) is 0 Å². The van der Waals surface area contributed by atoms with Crippen LogP contribution in [0.2, 0.25) is 19.6 Å². The number of hydrogen-bond donors (Lipinski definition) is 0. The second-order valence-electron chi connectivity index (χ2n) is 5.80. The Morgan fingerprint density at radius 2 is 1.59 bits per heavy atom. The molecule has 22 heavy (non-hydrogen) atoms. The topological polar surface area (TPSA) is 44.8 Å². The van der Waals surface area contributed by atoms with E-state index in [0.29, 0.717) is 0 Å². The van der Waals surface area contributed by atoms with Crippen LogP contribution in [0.15, 0.2) is 41.4 Å². The number of hydrogen-bond acceptors (Lipinski definition) is 4. The van der Waals surface area contributed by atoms with Crippen LogP contribution < -0.4 is 4.74 Å². The van der Waals surface area contributed by atoms with Gasteiger partial charge in [0.2, 0.25) is 0 Å². The first-order valence-electron chi connectivity index (χ1n) is 7.02. The van der Waals surface area contributed by atoms with Crippen molar-refractivity contribution in [3.63, 3.8) is 0 Å². The Labute approximate surface area is 134 Å². The second kappa shape index (κ2) is 7.93. The van der Waals surface area contributed by atoms with Crippen LogP contribution in [0.1, 0.15) is 5.56 Å². The minimum absolute atomic E-state index is 0.773. The summed E-state index contributed by atoms with van der Waals surface area (Å²) >= 11 is 0. The molecule has 0 unspecified atom stereocenters. The Morgan fingerprint density at radius 1 is 1.05 bits per heavy atom. The molecule has 122 valence electrons. The lowest BCUT2D eigenvalue weighted by Crippen LogP contribution is -2.24. The highest BCUT2D eigenvalue weighted by atomic mass is 31.2. The molecule has 1 rings (SSSR count). The van der Waals surface area contributed by atoms with E-state index in [4.69, 9.17) is 13.8 Å². The lowest BCUT2D eigenvalue weighted by molar-refractivity contribution is 0.285. The third-order valence-corrected chi connectivity index (χ3v) is 9.44. The van der Waals surface area contributed by atoms with Gasteiger partial charge in [-0.1, -0.05) is 50.0 Å². The molecule has 0 radical (unpaired) electrons. The van der Waals surface area contributed by atoms with Crippen LogP contribution in [0.5, 0.6) is 5.75 Å². The van der Waals surface area contributed by atoms with Crippen LogP contribution in [0.3, 0.4) is 0 Å². The SMILES string of the molecule is COc1ccc(/C=C/C=C(\[Si](C)(C)C)P(=O)(OC)OC)cc1. The zero-order valence-electron chi connectivity index (χ0n) is 14.1. The van der Waals surface area contributed by atoms with Crippen molar-refractivity contribution < 1.29 is 18.3 Å². The van der Waals surface area contributed by atoms with Crippen LogP contribution >= 0.6 is 7.60 Å². The van der Waals surface area contributed by atoms with Crippen LogP contribution in [0.4, 0.5) is 0 Å². The van der Waals surface area contributed by atoms with Gasteiger partial charge >= 0.3 is 7.60 Å². The number of rotatable bonds is 7. The molecule has 6 heteroatoms. The average Bonchev–Trinajstić information content (AvgIpc) is 2.50. The van der Waals surface area contributed by atoms with Crippen molar-refractivity contribution >= 4 is 21.7 Å². The monoisotopic (exact) mass is 340 g/mol. The van der Waals surface area contributed by atoms with Gasteiger partial charge in [-0.3, -0.25) is 4.57 Å². The van der Waals surface area contributed by atoms with Crippen molar-refractivity contribution in [1.29, 1.82) is 0 Å². The Hall–Kier alpha value is -1.13. The van der Waals surface area contributed by atoms with Gasteiger partial charge in [0.05, 0.1) is 15.2 Å². The van der Waals surface area contributed by atoms with Crippen molar-refractivity contribution in [3.05, 3.63) is 46.9 Å². The van der Waals surface area contributed by atoms with Gasteiger partial charge < -0.3 is 13.8 Å². The van der Waals surface area contributed by atoms with Gasteiger partial charge in [-0.05, 0) is 17.7 Å². The molecule has 0 saturated carbocycles. The second-order valence-corrected chi connectivity index (χ2v) is 13.5. The number of allylic oxidation sites excluding steroid dienone is 2. The van der Waals surface area contributed by atoms with E-state index < -0.39 is 15.7 Å². The summed E-state index contributed by atoms with van der Waals surface area (Å²) in [6, 6.07) is 7.73. The third-order valence-electron chi connectivity index (χ3n) is 3.20. The van der Waals surface area contributed by atoms with Gasteiger partial charge in [-0.15, -0.1) is 0 Å². The molecule has 0 saturated heterocycles. The van der Waals surface area contributed by atoms with E-state index in [1.54, 1.807) is 7.11 Å². The molecule has 0 atom stereocenters. The summed E-state index contributed by atoms with van der Waals surface area (Å²) in [6.45, 7) is 6.35. The summed E-state index contributed by atoms with van der Waals surface area (Å²) in [4.78, 5) is 0.773. The van der Waals surface area contributed by atoms with Gasteiger partial charge in [0.25, 0.3) is 0 Å². The molecule has 1 aromatic rings. The number of ether oxygens (including phenoxy) is 1. The lowest BCUT2D eigenvalue weighted by atomic mass is 10.2. The van der Waals surface area contributed by atoms with E-state index in [-0.39, 0.29) is 0 Å². The summed E-state index contributed by atoms with van der Waals surface area (Å²) in [6.07, 6.45) is 5.71. The molecule has 0 aliphatic heterocycles. The van der Waals surface area contributed by atoms with E-state index >= 15 is 0 Å². The predicted molar refractivity (Wildman–Crippen MR) is 95.1 cm³/mol. The molecule has 0 aliphatic rings. The van der Waals surface area contributed by atoms with Crippen LogP contribution in [-0.2, 0) is 13.6 Å². The first-order valence-corrected chi connectivity index (χ1v) is 12.1. The molecule has 0 heterocycles. The lowest BCUT2D eigenvalue weighted by Gasteiger charge is -2.26. The molecule has 4 nitrogen and oxygen atoms in total. The fraction of sp³-hybridized carbons (Fsp3) is 0.375. The summed E-state index contributed by atoms with van der Waals surface area (Å²) in [5, 5.41) is 0. The number of benzene rings is 1. The molecule has 0 N–H and O–H groups in total. The highest BCUT2D eigenvalue weighted by Crippen LogP contribution is 2.57. The van der Waals surface area contributed by atoms with Gasteiger partial charge in [-0.25, -0.2) is 0 Å². The maximum absolute atomic E-state index is 12.7. The zero-order chi connectivity index (χ0) is 16.8. The fourth-order valence-corrected chi connectivity index (χ4v) is 7.23. The highest BCUT2D eigenvalue weighted by Gasteiger charge is 2.36. The van der Waals surface area contributed by atoms with Crippen molar-refractivity contribution in [1.82, 2.24) is 0 Å². The largest absolute Gasteiger partial charge is 0.497 e. The summed E-state index contributed by atoms with van der Waals surface area (Å²) in [7, 11) is -0.552. The molecule has 1 aromatic carbocycles. The highest BCUT2D eigenvalue weighted by molar-refractivity contribution is 7.62. The molecule has 0 fully saturated rings. The molecule has 0 aromatic heterocycles. The Bertz CT molecular complexity index is 577. The smallest absolute Gasteiger partial charge is 0.352 e. The first kappa shape index (κ1) is 18.9. The van der Waals surface area contributed by atoms with Crippen LogP contribution in [0.25, 0.3) is 6.08 Å². The Morgan fingerprint density at radius 3 is 2.00 bits per heavy atom. The van der Waals surface area contributed by atoms with E-state index in [2.05, 4.69) is 19.6 Å². The Balaban J connectivity index is 3.07.